The van der Waals surface area contributed by atoms with Crippen LogP contribution < -0.4 is 0 Å². The number of quaternary nitrogens is 1. The standard InChI is InChI=1S/C68H112NO8P/c1-6-8-10-12-14-16-18-20-22-24-26-28-30-32-33-34-35-37-39-41-43-45-47-49-51-53-55-57-59-61-68(71)77-66(65-76-78(72,73)75-63-62-69(3,4)5)64-74-67(70)60-58-56-54-52-50-48-46-44-42-40-38-36-31-29-27-25-23-21-19-17-15-13-11-9-7-2/h8-11,14-17,20-23,26-29,32-33,35-38,42,44,66H,6-7,12-13,18-19,24-25,30-31,34,39-41,43,45-65H2,1-5H3/p+1/b10-8-,11-9-,16-14-,17-15-,22-20-,23-21-,28-26-,29-27-,33-32-,37-35-,38-36-,44-42-. The normalized spacial score (nSPS) is 14.3. The molecule has 9 nitrogen and oxygen atoms in total. The number of phosphoric acid groups is 1. The highest BCUT2D eigenvalue weighted by molar-refractivity contribution is 7.47. The van der Waals surface area contributed by atoms with Gasteiger partial charge in [-0.2, -0.15) is 0 Å². The highest BCUT2D eigenvalue weighted by Gasteiger charge is 2.27. The van der Waals surface area contributed by atoms with Crippen molar-refractivity contribution < 1.29 is 42.1 Å². The van der Waals surface area contributed by atoms with Crippen LogP contribution in [0.15, 0.2) is 146 Å². The molecule has 0 aromatic heterocycles. The zero-order valence-corrected chi connectivity index (χ0v) is 51.0. The van der Waals surface area contributed by atoms with Crippen LogP contribution in [0.2, 0.25) is 0 Å². The van der Waals surface area contributed by atoms with Crippen molar-refractivity contribution in [3.63, 3.8) is 0 Å². The lowest BCUT2D eigenvalue weighted by molar-refractivity contribution is -0.870. The second-order valence-electron chi connectivity index (χ2n) is 21.0. The molecule has 0 amide bonds. The van der Waals surface area contributed by atoms with Crippen LogP contribution in [0.3, 0.4) is 0 Å². The number of phosphoric ester groups is 1. The summed E-state index contributed by atoms with van der Waals surface area (Å²) in [7, 11) is 1.44. The second-order valence-corrected chi connectivity index (χ2v) is 22.4. The first-order valence-electron chi connectivity index (χ1n) is 30.6. The van der Waals surface area contributed by atoms with Crippen LogP contribution in [0, 0.1) is 0 Å². The third-order valence-corrected chi connectivity index (χ3v) is 13.3. The molecule has 0 saturated carbocycles. The Labute approximate surface area is 478 Å². The number of allylic oxidation sites excluding steroid dienone is 24. The molecule has 0 rings (SSSR count). The first-order chi connectivity index (χ1) is 38.0. The van der Waals surface area contributed by atoms with Crippen molar-refractivity contribution in [2.45, 2.75) is 225 Å². The van der Waals surface area contributed by atoms with Gasteiger partial charge in [0, 0.05) is 12.8 Å². The van der Waals surface area contributed by atoms with E-state index < -0.39 is 26.5 Å². The van der Waals surface area contributed by atoms with Crippen molar-refractivity contribution in [2.75, 3.05) is 47.5 Å². The average molecular weight is 1100 g/mol. The lowest BCUT2D eigenvalue weighted by atomic mass is 10.0. The van der Waals surface area contributed by atoms with Gasteiger partial charge in [-0.15, -0.1) is 0 Å². The Hall–Kier alpha value is -4.11. The van der Waals surface area contributed by atoms with Crippen LogP contribution >= 0.6 is 7.82 Å². The molecule has 0 aromatic rings. The fourth-order valence-electron chi connectivity index (χ4n) is 7.73. The molecule has 0 bridgehead atoms. The number of rotatable bonds is 54. The summed E-state index contributed by atoms with van der Waals surface area (Å²) < 4.78 is 34.6. The average Bonchev–Trinajstić information content (AvgIpc) is 3.41. The van der Waals surface area contributed by atoms with Crippen molar-refractivity contribution >= 4 is 19.8 Å². The molecule has 2 unspecified atom stereocenters. The monoisotopic (exact) mass is 1100 g/mol. The number of ether oxygens (including phenoxy) is 2. The number of carbonyl (C=O) groups excluding carboxylic acids is 2. The molecule has 0 aliphatic heterocycles. The molecule has 0 saturated heterocycles. The quantitative estimate of drug-likeness (QED) is 0.0211. The lowest BCUT2D eigenvalue weighted by Gasteiger charge is -2.24. The highest BCUT2D eigenvalue weighted by atomic mass is 31.2. The van der Waals surface area contributed by atoms with Gasteiger partial charge in [-0.1, -0.05) is 237 Å². The summed E-state index contributed by atoms with van der Waals surface area (Å²) in [5.41, 5.74) is 0. The van der Waals surface area contributed by atoms with E-state index in [1.807, 2.05) is 21.1 Å². The van der Waals surface area contributed by atoms with E-state index in [1.165, 1.54) is 38.5 Å². The third kappa shape index (κ3) is 61.1. The predicted octanol–water partition coefficient (Wildman–Crippen LogP) is 19.5. The van der Waals surface area contributed by atoms with Crippen LogP contribution in [0.4, 0.5) is 0 Å². The molecule has 0 aromatic carbocycles. The molecule has 0 aliphatic rings. The first kappa shape index (κ1) is 73.9. The van der Waals surface area contributed by atoms with Crippen LogP contribution in [0.25, 0.3) is 0 Å². The van der Waals surface area contributed by atoms with Gasteiger partial charge in [0.25, 0.3) is 0 Å². The van der Waals surface area contributed by atoms with Crippen LogP contribution in [0.1, 0.15) is 219 Å². The Bertz CT molecular complexity index is 1820. The van der Waals surface area contributed by atoms with Gasteiger partial charge in [0.1, 0.15) is 19.8 Å². The highest BCUT2D eigenvalue weighted by Crippen LogP contribution is 2.43. The van der Waals surface area contributed by atoms with Crippen molar-refractivity contribution in [3.8, 4) is 0 Å². The molecular weight excluding hydrogens is 990 g/mol. The zero-order valence-electron chi connectivity index (χ0n) is 50.1. The summed E-state index contributed by atoms with van der Waals surface area (Å²) in [6.07, 6.45) is 84.8. The van der Waals surface area contributed by atoms with E-state index in [0.29, 0.717) is 23.9 Å². The molecule has 0 heterocycles. The molecule has 10 heteroatoms. The van der Waals surface area contributed by atoms with Gasteiger partial charge in [-0.05, 0) is 116 Å². The van der Waals surface area contributed by atoms with Crippen LogP contribution in [-0.2, 0) is 32.7 Å². The number of esters is 2. The van der Waals surface area contributed by atoms with Gasteiger partial charge in [-0.3, -0.25) is 18.6 Å². The maximum absolute atomic E-state index is 12.8. The van der Waals surface area contributed by atoms with E-state index >= 15 is 0 Å². The molecule has 78 heavy (non-hydrogen) atoms. The van der Waals surface area contributed by atoms with Crippen molar-refractivity contribution in [1.82, 2.24) is 0 Å². The van der Waals surface area contributed by atoms with E-state index in [1.54, 1.807) is 0 Å². The Balaban J connectivity index is 4.23. The van der Waals surface area contributed by atoms with Crippen LogP contribution in [0.5, 0.6) is 0 Å². The molecule has 0 aliphatic carbocycles. The fraction of sp³-hybridized carbons (Fsp3) is 0.618. The second kappa shape index (κ2) is 57.6. The lowest BCUT2D eigenvalue weighted by Crippen LogP contribution is -2.37. The summed E-state index contributed by atoms with van der Waals surface area (Å²) in [6, 6.07) is 0. The number of nitrogens with zero attached hydrogens (tertiary/aromatic N) is 1. The van der Waals surface area contributed by atoms with Gasteiger partial charge < -0.3 is 18.9 Å². The smallest absolute Gasteiger partial charge is 0.462 e. The van der Waals surface area contributed by atoms with E-state index in [0.717, 1.165) is 141 Å². The summed E-state index contributed by atoms with van der Waals surface area (Å²) in [5, 5.41) is 0. The maximum Gasteiger partial charge on any atom is 0.472 e. The number of hydrogen-bond acceptors (Lipinski definition) is 7. The van der Waals surface area contributed by atoms with E-state index in [-0.39, 0.29) is 32.0 Å². The summed E-state index contributed by atoms with van der Waals surface area (Å²) in [5.74, 6) is -0.829. The molecule has 0 fully saturated rings. The van der Waals surface area contributed by atoms with Gasteiger partial charge in [-0.25, -0.2) is 4.57 Å². The summed E-state index contributed by atoms with van der Waals surface area (Å²) in [6.45, 7) is 4.17. The van der Waals surface area contributed by atoms with Gasteiger partial charge in [0.2, 0.25) is 0 Å². The van der Waals surface area contributed by atoms with Gasteiger partial charge in [0.05, 0.1) is 27.7 Å². The Morgan fingerprint density at radius 2 is 0.692 bits per heavy atom. The largest absolute Gasteiger partial charge is 0.472 e. The Morgan fingerprint density at radius 1 is 0.397 bits per heavy atom. The molecule has 0 spiro atoms. The SMILES string of the molecule is CC/C=C\C/C=C\C/C=C\C/C=C\C/C=C\C/C=C\CCCCCCCCCCCCC(=O)OC(COC(=O)CCCCCCCC/C=C\C/C=C\C/C=C\C/C=C\C/C=C\C/C=C\CC)COP(=O)(O)OCC[N+](C)(C)C. The number of hydrogen-bond donors (Lipinski definition) is 1. The molecule has 442 valence electrons. The first-order valence-corrected chi connectivity index (χ1v) is 32.1. The summed E-state index contributed by atoms with van der Waals surface area (Å²) >= 11 is 0. The maximum atomic E-state index is 12.8. The predicted molar refractivity (Wildman–Crippen MR) is 334 cm³/mol. The molecule has 2 atom stereocenters. The van der Waals surface area contributed by atoms with E-state index in [4.69, 9.17) is 18.5 Å². The minimum absolute atomic E-state index is 0.0198. The molecule has 1 N–H and O–H groups in total. The number of likely N-dealkylation sites (N-methyl/N-ethyl adjacent to an activating group) is 1. The Kier molecular flexibility index (Phi) is 54.5. The number of unbranched alkanes of at least 4 members (excludes halogenated alkanes) is 16. The van der Waals surface area contributed by atoms with Crippen molar-refractivity contribution in [2.24, 2.45) is 0 Å². The number of carbonyl (C=O) groups is 2. The van der Waals surface area contributed by atoms with E-state index in [9.17, 15) is 19.0 Å². The summed E-state index contributed by atoms with van der Waals surface area (Å²) in [4.78, 5) is 35.8. The van der Waals surface area contributed by atoms with Crippen molar-refractivity contribution in [3.05, 3.63) is 146 Å². The molecular formula is C68H113NO8P+. The Morgan fingerprint density at radius 3 is 1.03 bits per heavy atom. The minimum atomic E-state index is -4.40. The van der Waals surface area contributed by atoms with Crippen molar-refractivity contribution in [1.29, 1.82) is 0 Å². The van der Waals surface area contributed by atoms with Crippen LogP contribution in [-0.4, -0.2) is 74.9 Å². The topological polar surface area (TPSA) is 108 Å². The van der Waals surface area contributed by atoms with Gasteiger partial charge in [0.15, 0.2) is 6.10 Å². The van der Waals surface area contributed by atoms with Gasteiger partial charge >= 0.3 is 19.8 Å². The molecule has 0 radical (unpaired) electrons. The third-order valence-electron chi connectivity index (χ3n) is 12.4. The minimum Gasteiger partial charge on any atom is -0.462 e. The zero-order chi connectivity index (χ0) is 57.0. The fourth-order valence-corrected chi connectivity index (χ4v) is 8.47. The van der Waals surface area contributed by atoms with E-state index in [2.05, 4.69) is 160 Å².